The van der Waals surface area contributed by atoms with Crippen LogP contribution in [0.5, 0.6) is 0 Å². The van der Waals surface area contributed by atoms with Gasteiger partial charge in [0, 0.05) is 6.20 Å². The number of ether oxygens (including phenoxy) is 1. The standard InChI is InChI=1S/C17H11ClF3N3O4/c1-28-16(27)8-2-3-10-12(4-8)22-13(23-14(10)25)7-24-6-9(17(19,20)21)5-11(18)15(24)26/h2-6H,7H2,1H3,(H,22,23,25). The van der Waals surface area contributed by atoms with Gasteiger partial charge in [-0.1, -0.05) is 11.6 Å². The first-order valence-electron chi connectivity index (χ1n) is 7.68. The van der Waals surface area contributed by atoms with Gasteiger partial charge in [-0.15, -0.1) is 0 Å². The van der Waals surface area contributed by atoms with Crippen molar-refractivity contribution in [2.24, 2.45) is 0 Å². The van der Waals surface area contributed by atoms with E-state index in [2.05, 4.69) is 14.7 Å². The monoisotopic (exact) mass is 413 g/mol. The number of alkyl halides is 3. The predicted octanol–water partition coefficient (Wildman–Crippen LogP) is 2.59. The van der Waals surface area contributed by atoms with Crippen molar-refractivity contribution in [3.05, 3.63) is 73.1 Å². The lowest BCUT2D eigenvalue weighted by atomic mass is 10.1. The molecule has 146 valence electrons. The third kappa shape index (κ3) is 3.77. The summed E-state index contributed by atoms with van der Waals surface area (Å²) < 4.78 is 44.1. The normalized spacial score (nSPS) is 11.6. The molecule has 11 heteroatoms. The van der Waals surface area contributed by atoms with Crippen LogP contribution in [0.15, 0.2) is 40.1 Å². The van der Waals surface area contributed by atoms with Crippen molar-refractivity contribution in [1.82, 2.24) is 14.5 Å². The van der Waals surface area contributed by atoms with Gasteiger partial charge in [0.2, 0.25) is 0 Å². The topological polar surface area (TPSA) is 94.0 Å². The molecule has 1 N–H and O–H groups in total. The molecule has 0 amide bonds. The number of fused-ring (bicyclic) bond motifs is 1. The highest BCUT2D eigenvalue weighted by atomic mass is 35.5. The quantitative estimate of drug-likeness (QED) is 0.666. The fourth-order valence-corrected chi connectivity index (χ4v) is 2.77. The number of rotatable bonds is 3. The lowest BCUT2D eigenvalue weighted by Gasteiger charge is -2.12. The average molecular weight is 414 g/mol. The van der Waals surface area contributed by atoms with Gasteiger partial charge in [-0.2, -0.15) is 13.2 Å². The fraction of sp³-hybridized carbons (Fsp3) is 0.176. The molecule has 1 aromatic carbocycles. The van der Waals surface area contributed by atoms with E-state index in [9.17, 15) is 27.6 Å². The SMILES string of the molecule is COC(=O)c1ccc2c(=O)[nH]c(Cn3cc(C(F)(F)F)cc(Cl)c3=O)nc2c1. The molecule has 7 nitrogen and oxygen atoms in total. The van der Waals surface area contributed by atoms with E-state index in [1.807, 2.05) is 0 Å². The third-order valence-electron chi connectivity index (χ3n) is 3.87. The molecule has 2 heterocycles. The molecule has 0 spiro atoms. The fourth-order valence-electron chi connectivity index (χ4n) is 2.54. The Labute approximate surface area is 159 Å². The summed E-state index contributed by atoms with van der Waals surface area (Å²) in [5.41, 5.74) is -2.32. The molecular weight excluding hydrogens is 403 g/mol. The summed E-state index contributed by atoms with van der Waals surface area (Å²) in [6, 6.07) is 4.58. The zero-order valence-corrected chi connectivity index (χ0v) is 14.9. The minimum Gasteiger partial charge on any atom is -0.465 e. The number of pyridine rings is 1. The van der Waals surface area contributed by atoms with Crippen molar-refractivity contribution in [1.29, 1.82) is 0 Å². The number of H-pyrrole nitrogens is 1. The van der Waals surface area contributed by atoms with Gasteiger partial charge in [-0.3, -0.25) is 9.59 Å². The number of halogens is 4. The predicted molar refractivity (Wildman–Crippen MR) is 93.5 cm³/mol. The van der Waals surface area contributed by atoms with E-state index < -0.39 is 40.4 Å². The van der Waals surface area contributed by atoms with Gasteiger partial charge in [-0.05, 0) is 24.3 Å². The molecular formula is C17H11ClF3N3O4. The molecule has 0 atom stereocenters. The Balaban J connectivity index is 2.10. The van der Waals surface area contributed by atoms with Gasteiger partial charge in [0.15, 0.2) is 0 Å². The summed E-state index contributed by atoms with van der Waals surface area (Å²) in [5.74, 6) is -0.733. The van der Waals surface area contributed by atoms with Crippen LogP contribution in [-0.4, -0.2) is 27.6 Å². The van der Waals surface area contributed by atoms with Gasteiger partial charge in [-0.25, -0.2) is 9.78 Å². The molecule has 0 radical (unpaired) electrons. The number of hydrogen-bond acceptors (Lipinski definition) is 5. The van der Waals surface area contributed by atoms with E-state index >= 15 is 0 Å². The zero-order valence-electron chi connectivity index (χ0n) is 14.1. The Morgan fingerprint density at radius 2 is 2.00 bits per heavy atom. The van der Waals surface area contributed by atoms with E-state index in [-0.39, 0.29) is 22.3 Å². The summed E-state index contributed by atoms with van der Waals surface area (Å²) in [6.45, 7) is -0.462. The Kier molecular flexibility index (Phi) is 4.99. The van der Waals surface area contributed by atoms with Crippen LogP contribution in [0.1, 0.15) is 21.7 Å². The summed E-state index contributed by atoms with van der Waals surface area (Å²) >= 11 is 5.61. The van der Waals surface area contributed by atoms with Crippen molar-refractivity contribution in [3.63, 3.8) is 0 Å². The number of benzene rings is 1. The number of aromatic amines is 1. The van der Waals surface area contributed by atoms with Crippen molar-refractivity contribution in [3.8, 4) is 0 Å². The Morgan fingerprint density at radius 3 is 2.64 bits per heavy atom. The molecule has 0 aliphatic heterocycles. The average Bonchev–Trinajstić information content (AvgIpc) is 2.63. The second kappa shape index (κ2) is 7.12. The lowest BCUT2D eigenvalue weighted by molar-refractivity contribution is -0.138. The number of nitrogens with one attached hydrogen (secondary N) is 1. The molecule has 0 unspecified atom stereocenters. The summed E-state index contributed by atoms with van der Waals surface area (Å²) in [6.07, 6.45) is -4.12. The van der Waals surface area contributed by atoms with Crippen LogP contribution in [0.2, 0.25) is 5.02 Å². The van der Waals surface area contributed by atoms with E-state index in [1.54, 1.807) is 0 Å². The van der Waals surface area contributed by atoms with E-state index in [1.165, 1.54) is 25.3 Å². The smallest absolute Gasteiger partial charge is 0.417 e. The number of methoxy groups -OCH3 is 1. The zero-order chi connectivity index (χ0) is 20.6. The van der Waals surface area contributed by atoms with Gasteiger partial charge >= 0.3 is 12.1 Å². The second-order valence-electron chi connectivity index (χ2n) is 5.74. The molecule has 0 aliphatic carbocycles. The lowest BCUT2D eigenvalue weighted by Crippen LogP contribution is -2.25. The highest BCUT2D eigenvalue weighted by Crippen LogP contribution is 2.29. The number of esters is 1. The highest BCUT2D eigenvalue weighted by Gasteiger charge is 2.32. The maximum absolute atomic E-state index is 13.0. The Hall–Kier alpha value is -3.14. The first-order chi connectivity index (χ1) is 13.1. The third-order valence-corrected chi connectivity index (χ3v) is 4.14. The highest BCUT2D eigenvalue weighted by molar-refractivity contribution is 6.30. The van der Waals surface area contributed by atoms with Gasteiger partial charge < -0.3 is 14.3 Å². The van der Waals surface area contributed by atoms with Gasteiger partial charge in [0.05, 0.1) is 35.7 Å². The Bertz CT molecular complexity index is 1200. The molecule has 0 saturated carbocycles. The largest absolute Gasteiger partial charge is 0.465 e. The van der Waals surface area contributed by atoms with Gasteiger partial charge in [0.1, 0.15) is 10.8 Å². The number of hydrogen-bond donors (Lipinski definition) is 1. The first kappa shape index (κ1) is 19.6. The van der Waals surface area contributed by atoms with Crippen LogP contribution in [0.25, 0.3) is 10.9 Å². The van der Waals surface area contributed by atoms with E-state index in [0.29, 0.717) is 16.8 Å². The van der Waals surface area contributed by atoms with E-state index in [4.69, 9.17) is 11.6 Å². The molecule has 0 aliphatic rings. The van der Waals surface area contributed by atoms with Crippen LogP contribution < -0.4 is 11.1 Å². The number of aromatic nitrogens is 3. The van der Waals surface area contributed by atoms with Crippen LogP contribution in [0.3, 0.4) is 0 Å². The molecule has 0 bridgehead atoms. The molecule has 0 fully saturated rings. The second-order valence-corrected chi connectivity index (χ2v) is 6.15. The molecule has 2 aromatic heterocycles. The molecule has 0 saturated heterocycles. The molecule has 28 heavy (non-hydrogen) atoms. The van der Waals surface area contributed by atoms with Crippen LogP contribution >= 0.6 is 11.6 Å². The van der Waals surface area contributed by atoms with Crippen molar-refractivity contribution < 1.29 is 22.7 Å². The summed E-state index contributed by atoms with van der Waals surface area (Å²) in [4.78, 5) is 42.4. The van der Waals surface area contributed by atoms with Crippen LogP contribution in [0, 0.1) is 0 Å². The van der Waals surface area contributed by atoms with Crippen molar-refractivity contribution in [2.45, 2.75) is 12.7 Å². The molecule has 3 rings (SSSR count). The Morgan fingerprint density at radius 1 is 1.29 bits per heavy atom. The van der Waals surface area contributed by atoms with Crippen molar-refractivity contribution in [2.75, 3.05) is 7.11 Å². The number of carbonyl (C=O) groups excluding carboxylic acids is 1. The maximum atomic E-state index is 13.0. The van der Waals surface area contributed by atoms with Crippen LogP contribution in [0.4, 0.5) is 13.2 Å². The first-order valence-corrected chi connectivity index (χ1v) is 8.06. The number of nitrogens with zero attached hydrogens (tertiary/aromatic N) is 2. The minimum absolute atomic E-state index is 0.0861. The summed E-state index contributed by atoms with van der Waals surface area (Å²) in [5, 5.41) is -0.461. The molecule has 3 aromatic rings. The summed E-state index contributed by atoms with van der Waals surface area (Å²) in [7, 11) is 1.19. The van der Waals surface area contributed by atoms with Crippen LogP contribution in [-0.2, 0) is 17.5 Å². The van der Waals surface area contributed by atoms with Gasteiger partial charge in [0.25, 0.3) is 11.1 Å². The number of carbonyl (C=O) groups is 1. The minimum atomic E-state index is -4.71. The van der Waals surface area contributed by atoms with E-state index in [0.717, 1.165) is 0 Å². The maximum Gasteiger partial charge on any atom is 0.417 e. The van der Waals surface area contributed by atoms with Crippen molar-refractivity contribution >= 4 is 28.5 Å².